The minimum absolute atomic E-state index is 0.409. The Morgan fingerprint density at radius 3 is 2.61 bits per heavy atom. The average Bonchev–Trinajstić information content (AvgIpc) is 2.38. The average molecular weight is 305 g/mol. The topological polar surface area (TPSA) is 24.9 Å². The van der Waals surface area contributed by atoms with Gasteiger partial charge in [-0.05, 0) is 53.4 Å². The van der Waals surface area contributed by atoms with Crippen LogP contribution in [0, 0.1) is 0 Å². The van der Waals surface area contributed by atoms with Crippen LogP contribution < -0.4 is 5.32 Å². The van der Waals surface area contributed by atoms with E-state index >= 15 is 0 Å². The molecule has 2 rings (SSSR count). The summed E-state index contributed by atoms with van der Waals surface area (Å²) in [6.07, 6.45) is 2.18. The van der Waals surface area contributed by atoms with Gasteiger partial charge in [0.15, 0.2) is 0 Å². The quantitative estimate of drug-likeness (QED) is 0.834. The highest BCUT2D eigenvalue weighted by Crippen LogP contribution is 2.13. The first-order chi connectivity index (χ1) is 8.74. The first-order valence-electron chi connectivity index (χ1n) is 6.17. The number of nitrogens with zero attached hydrogens (tertiary/aromatic N) is 1. The Hall–Kier alpha value is -1.35. The molecule has 18 heavy (non-hydrogen) atoms. The van der Waals surface area contributed by atoms with E-state index in [9.17, 15) is 0 Å². The maximum atomic E-state index is 4.37. The standard InChI is InChI=1S/C15H17BrN2/c1-12(10-11-13-6-3-2-4-7-13)17-15-9-5-8-14(16)18-15/h2-9,12H,10-11H2,1H3,(H,17,18). The molecule has 0 bridgehead atoms. The number of hydrogen-bond acceptors (Lipinski definition) is 2. The fourth-order valence-electron chi connectivity index (χ4n) is 1.84. The fourth-order valence-corrected chi connectivity index (χ4v) is 2.18. The molecule has 1 aromatic carbocycles. The van der Waals surface area contributed by atoms with Crippen LogP contribution in [0.25, 0.3) is 0 Å². The highest BCUT2D eigenvalue weighted by atomic mass is 79.9. The second kappa shape index (κ2) is 6.55. The zero-order valence-electron chi connectivity index (χ0n) is 10.4. The monoisotopic (exact) mass is 304 g/mol. The zero-order chi connectivity index (χ0) is 12.8. The molecule has 2 nitrogen and oxygen atoms in total. The van der Waals surface area contributed by atoms with Gasteiger partial charge >= 0.3 is 0 Å². The fraction of sp³-hybridized carbons (Fsp3) is 0.267. The predicted octanol–water partition coefficient (Wildman–Crippen LogP) is 4.28. The molecule has 0 spiro atoms. The lowest BCUT2D eigenvalue weighted by molar-refractivity contribution is 0.703. The molecular weight excluding hydrogens is 288 g/mol. The Morgan fingerprint density at radius 1 is 1.11 bits per heavy atom. The predicted molar refractivity (Wildman–Crippen MR) is 79.8 cm³/mol. The molecule has 3 heteroatoms. The van der Waals surface area contributed by atoms with Gasteiger partial charge in [-0.1, -0.05) is 36.4 Å². The molecule has 1 unspecified atom stereocenters. The third-order valence-electron chi connectivity index (χ3n) is 2.82. The van der Waals surface area contributed by atoms with Crippen molar-refractivity contribution in [3.63, 3.8) is 0 Å². The molecule has 0 amide bonds. The number of anilines is 1. The van der Waals surface area contributed by atoms with E-state index < -0.39 is 0 Å². The summed E-state index contributed by atoms with van der Waals surface area (Å²) in [4.78, 5) is 4.37. The molecule has 1 heterocycles. The summed E-state index contributed by atoms with van der Waals surface area (Å²) < 4.78 is 0.864. The van der Waals surface area contributed by atoms with Gasteiger partial charge in [0.1, 0.15) is 10.4 Å². The highest BCUT2D eigenvalue weighted by Gasteiger charge is 2.03. The van der Waals surface area contributed by atoms with Crippen molar-refractivity contribution in [2.24, 2.45) is 0 Å². The van der Waals surface area contributed by atoms with Crippen LogP contribution in [-0.4, -0.2) is 11.0 Å². The molecule has 94 valence electrons. The van der Waals surface area contributed by atoms with Crippen LogP contribution in [0.15, 0.2) is 53.1 Å². The third kappa shape index (κ3) is 4.15. The van der Waals surface area contributed by atoms with Gasteiger partial charge in [0.25, 0.3) is 0 Å². The first kappa shape index (κ1) is 13.1. The van der Waals surface area contributed by atoms with Gasteiger partial charge in [0.2, 0.25) is 0 Å². The molecule has 0 fully saturated rings. The lowest BCUT2D eigenvalue weighted by Crippen LogP contribution is -2.16. The van der Waals surface area contributed by atoms with Gasteiger partial charge in [-0.15, -0.1) is 0 Å². The van der Waals surface area contributed by atoms with Gasteiger partial charge in [-0.2, -0.15) is 0 Å². The molecule has 0 saturated heterocycles. The summed E-state index contributed by atoms with van der Waals surface area (Å²) in [7, 11) is 0. The smallest absolute Gasteiger partial charge is 0.127 e. The second-order valence-electron chi connectivity index (χ2n) is 4.42. The van der Waals surface area contributed by atoms with Gasteiger partial charge in [-0.25, -0.2) is 4.98 Å². The van der Waals surface area contributed by atoms with Crippen LogP contribution in [-0.2, 0) is 6.42 Å². The van der Waals surface area contributed by atoms with Crippen LogP contribution in [0.4, 0.5) is 5.82 Å². The normalized spacial score (nSPS) is 12.1. The number of halogens is 1. The van der Waals surface area contributed by atoms with Crippen molar-refractivity contribution in [3.8, 4) is 0 Å². The van der Waals surface area contributed by atoms with E-state index in [0.29, 0.717) is 6.04 Å². The van der Waals surface area contributed by atoms with Gasteiger partial charge in [-0.3, -0.25) is 0 Å². The molecule has 1 atom stereocenters. The summed E-state index contributed by atoms with van der Waals surface area (Å²) in [5.74, 6) is 0.921. The van der Waals surface area contributed by atoms with E-state index in [0.717, 1.165) is 23.3 Å². The molecule has 0 aliphatic heterocycles. The largest absolute Gasteiger partial charge is 0.368 e. The Labute approximate surface area is 117 Å². The van der Waals surface area contributed by atoms with E-state index in [2.05, 4.69) is 63.5 Å². The molecule has 0 saturated carbocycles. The van der Waals surface area contributed by atoms with Gasteiger partial charge in [0.05, 0.1) is 0 Å². The van der Waals surface area contributed by atoms with Crippen LogP contribution in [0.1, 0.15) is 18.9 Å². The molecule has 0 aliphatic carbocycles. The first-order valence-corrected chi connectivity index (χ1v) is 6.96. The summed E-state index contributed by atoms with van der Waals surface area (Å²) in [6.45, 7) is 2.19. The van der Waals surface area contributed by atoms with Crippen molar-refractivity contribution in [1.82, 2.24) is 4.98 Å². The molecule has 1 N–H and O–H groups in total. The number of nitrogens with one attached hydrogen (secondary N) is 1. The van der Waals surface area contributed by atoms with E-state index in [-0.39, 0.29) is 0 Å². The number of aromatic nitrogens is 1. The zero-order valence-corrected chi connectivity index (χ0v) is 12.0. The van der Waals surface area contributed by atoms with Crippen molar-refractivity contribution in [3.05, 3.63) is 58.7 Å². The lowest BCUT2D eigenvalue weighted by Gasteiger charge is -2.14. The Kier molecular flexibility index (Phi) is 4.76. The van der Waals surface area contributed by atoms with Gasteiger partial charge < -0.3 is 5.32 Å². The minimum atomic E-state index is 0.409. The number of hydrogen-bond donors (Lipinski definition) is 1. The van der Waals surface area contributed by atoms with E-state index in [4.69, 9.17) is 0 Å². The third-order valence-corrected chi connectivity index (χ3v) is 3.26. The summed E-state index contributed by atoms with van der Waals surface area (Å²) in [5, 5.41) is 3.41. The van der Waals surface area contributed by atoms with Crippen LogP contribution >= 0.6 is 15.9 Å². The maximum Gasteiger partial charge on any atom is 0.127 e. The Morgan fingerprint density at radius 2 is 1.89 bits per heavy atom. The van der Waals surface area contributed by atoms with E-state index in [1.54, 1.807) is 0 Å². The van der Waals surface area contributed by atoms with Crippen LogP contribution in [0.2, 0.25) is 0 Å². The van der Waals surface area contributed by atoms with Crippen LogP contribution in [0.3, 0.4) is 0 Å². The van der Waals surface area contributed by atoms with Gasteiger partial charge in [0, 0.05) is 6.04 Å². The van der Waals surface area contributed by atoms with E-state index in [1.807, 2.05) is 18.2 Å². The summed E-state index contributed by atoms with van der Waals surface area (Å²) >= 11 is 3.38. The highest BCUT2D eigenvalue weighted by molar-refractivity contribution is 9.10. The molecule has 1 aromatic heterocycles. The van der Waals surface area contributed by atoms with Crippen molar-refractivity contribution in [2.45, 2.75) is 25.8 Å². The van der Waals surface area contributed by atoms with Crippen molar-refractivity contribution in [1.29, 1.82) is 0 Å². The lowest BCUT2D eigenvalue weighted by atomic mass is 10.1. The number of pyridine rings is 1. The second-order valence-corrected chi connectivity index (χ2v) is 5.23. The molecule has 0 aliphatic rings. The number of benzene rings is 1. The minimum Gasteiger partial charge on any atom is -0.368 e. The Bertz CT molecular complexity index is 485. The van der Waals surface area contributed by atoms with Crippen LogP contribution in [0.5, 0.6) is 0 Å². The molecule has 2 aromatic rings. The van der Waals surface area contributed by atoms with Crippen molar-refractivity contribution >= 4 is 21.7 Å². The summed E-state index contributed by atoms with van der Waals surface area (Å²) in [5.41, 5.74) is 1.38. The number of aryl methyl sites for hydroxylation is 1. The molecular formula is C15H17BrN2. The van der Waals surface area contributed by atoms with Crippen molar-refractivity contribution in [2.75, 3.05) is 5.32 Å². The number of rotatable bonds is 5. The van der Waals surface area contributed by atoms with E-state index in [1.165, 1.54) is 5.56 Å². The SMILES string of the molecule is CC(CCc1ccccc1)Nc1cccc(Br)n1. The summed E-state index contributed by atoms with van der Waals surface area (Å²) in [6, 6.07) is 16.9. The Balaban J connectivity index is 1.84. The maximum absolute atomic E-state index is 4.37. The van der Waals surface area contributed by atoms with Crippen molar-refractivity contribution < 1.29 is 0 Å². The molecule has 0 radical (unpaired) electrons.